The molecule has 0 aromatic heterocycles. The molecule has 0 radical (unpaired) electrons. The van der Waals surface area contributed by atoms with Crippen LogP contribution in [0.5, 0.6) is 0 Å². The third kappa shape index (κ3) is 3.21. The Labute approximate surface area is 188 Å². The van der Waals surface area contributed by atoms with Crippen molar-refractivity contribution in [2.75, 3.05) is 13.1 Å². The number of hydrogen-bond acceptors (Lipinski definition) is 2. The van der Waals surface area contributed by atoms with E-state index in [1.165, 1.54) is 24.0 Å². The monoisotopic (exact) mass is 417 g/mol. The van der Waals surface area contributed by atoms with Gasteiger partial charge in [-0.1, -0.05) is 80.9 Å². The number of likely N-dealkylation sites (tertiary alicyclic amines) is 1. The minimum absolute atomic E-state index is 0.0268. The van der Waals surface area contributed by atoms with E-state index >= 15 is 0 Å². The summed E-state index contributed by atoms with van der Waals surface area (Å²) in [6.07, 6.45) is 4.39. The Hall–Kier alpha value is -1.64. The van der Waals surface area contributed by atoms with Gasteiger partial charge in [-0.2, -0.15) is 0 Å². The van der Waals surface area contributed by atoms with Gasteiger partial charge in [0.05, 0.1) is 6.10 Å². The Morgan fingerprint density at radius 1 is 0.935 bits per heavy atom. The number of aliphatic hydroxyl groups is 1. The quantitative estimate of drug-likeness (QED) is 0.670. The van der Waals surface area contributed by atoms with Gasteiger partial charge in [0.15, 0.2) is 0 Å². The number of fused-ring (bicyclic) bond motifs is 1. The standard InChI is InChI=1S/C29H39NO/c1-21-15-16-24(25(31)17-21)27(2,3)30-18-26-28(4,20-30)19-29(26,22-11-7-5-8-12-22)23-13-9-6-10-14-23/h5-14,21,24-26,31H,15-20H2,1-4H3/t21-,24-,25-,26+,28-/m1/s1. The van der Waals surface area contributed by atoms with E-state index in [0.29, 0.717) is 23.2 Å². The zero-order valence-corrected chi connectivity index (χ0v) is 19.7. The largest absolute Gasteiger partial charge is 0.393 e. The van der Waals surface area contributed by atoms with Crippen molar-refractivity contribution in [3.63, 3.8) is 0 Å². The molecule has 2 aromatic carbocycles. The lowest BCUT2D eigenvalue weighted by atomic mass is 9.43. The molecule has 2 aromatic rings. The lowest BCUT2D eigenvalue weighted by molar-refractivity contribution is -0.0395. The Balaban J connectivity index is 1.48. The third-order valence-electron chi connectivity index (χ3n) is 9.45. The van der Waals surface area contributed by atoms with E-state index in [9.17, 15) is 5.11 Å². The van der Waals surface area contributed by atoms with Crippen molar-refractivity contribution in [3.8, 4) is 0 Å². The molecule has 3 aliphatic rings. The van der Waals surface area contributed by atoms with E-state index in [2.05, 4.69) is 93.3 Å². The molecule has 2 heteroatoms. The molecular formula is C29H39NO. The van der Waals surface area contributed by atoms with Gasteiger partial charge in [-0.05, 0) is 61.5 Å². The molecule has 0 spiro atoms. The average molecular weight is 418 g/mol. The van der Waals surface area contributed by atoms with Gasteiger partial charge in [-0.3, -0.25) is 4.90 Å². The summed E-state index contributed by atoms with van der Waals surface area (Å²) < 4.78 is 0. The Morgan fingerprint density at radius 2 is 1.52 bits per heavy atom. The first-order valence-corrected chi connectivity index (χ1v) is 12.3. The van der Waals surface area contributed by atoms with Crippen LogP contribution >= 0.6 is 0 Å². The predicted octanol–water partition coefficient (Wildman–Crippen LogP) is 5.89. The molecule has 0 bridgehead atoms. The fourth-order valence-electron chi connectivity index (χ4n) is 7.70. The maximum absolute atomic E-state index is 11.0. The van der Waals surface area contributed by atoms with Crippen LogP contribution < -0.4 is 0 Å². The molecular weight excluding hydrogens is 378 g/mol. The number of benzene rings is 2. The molecule has 0 amide bonds. The van der Waals surface area contributed by atoms with Crippen LogP contribution in [0.3, 0.4) is 0 Å². The van der Waals surface area contributed by atoms with E-state index in [1.54, 1.807) is 0 Å². The molecule has 1 N–H and O–H groups in total. The highest BCUT2D eigenvalue weighted by Crippen LogP contribution is 2.67. The highest BCUT2D eigenvalue weighted by molar-refractivity contribution is 5.46. The predicted molar refractivity (Wildman–Crippen MR) is 128 cm³/mol. The first-order chi connectivity index (χ1) is 14.8. The fourth-order valence-corrected chi connectivity index (χ4v) is 7.70. The molecule has 0 unspecified atom stereocenters. The van der Waals surface area contributed by atoms with Gasteiger partial charge in [0, 0.05) is 30.0 Å². The maximum atomic E-state index is 11.0. The highest BCUT2D eigenvalue weighted by Gasteiger charge is 2.67. The van der Waals surface area contributed by atoms with Crippen molar-refractivity contribution in [1.29, 1.82) is 0 Å². The Morgan fingerprint density at radius 3 is 2.06 bits per heavy atom. The lowest BCUT2D eigenvalue weighted by Gasteiger charge is -2.59. The van der Waals surface area contributed by atoms with E-state index in [4.69, 9.17) is 0 Å². The number of aliphatic hydroxyl groups excluding tert-OH is 1. The van der Waals surface area contributed by atoms with Crippen LogP contribution in [0, 0.1) is 23.2 Å². The van der Waals surface area contributed by atoms with E-state index < -0.39 is 0 Å². The van der Waals surface area contributed by atoms with Crippen LogP contribution in [0.15, 0.2) is 60.7 Å². The second-order valence-electron chi connectivity index (χ2n) is 11.7. The van der Waals surface area contributed by atoms with E-state index in [0.717, 1.165) is 25.9 Å². The molecule has 2 saturated carbocycles. The first-order valence-electron chi connectivity index (χ1n) is 12.3. The summed E-state index contributed by atoms with van der Waals surface area (Å²) >= 11 is 0. The highest BCUT2D eigenvalue weighted by atomic mass is 16.3. The lowest BCUT2D eigenvalue weighted by Crippen LogP contribution is -2.57. The Kier molecular flexibility index (Phi) is 5.10. The van der Waals surface area contributed by atoms with Crippen molar-refractivity contribution >= 4 is 0 Å². The molecule has 2 aliphatic carbocycles. The van der Waals surface area contributed by atoms with Crippen molar-refractivity contribution in [3.05, 3.63) is 71.8 Å². The van der Waals surface area contributed by atoms with Crippen molar-refractivity contribution in [2.24, 2.45) is 23.2 Å². The smallest absolute Gasteiger partial charge is 0.0588 e. The number of nitrogens with zero attached hydrogens (tertiary/aromatic N) is 1. The normalized spacial score (nSPS) is 35.4. The summed E-state index contributed by atoms with van der Waals surface area (Å²) in [5.74, 6) is 1.62. The third-order valence-corrected chi connectivity index (χ3v) is 9.45. The Bertz CT molecular complexity index is 867. The molecule has 5 rings (SSSR count). The molecule has 5 atom stereocenters. The minimum Gasteiger partial charge on any atom is -0.393 e. The zero-order valence-electron chi connectivity index (χ0n) is 19.7. The molecule has 1 aliphatic heterocycles. The van der Waals surface area contributed by atoms with Crippen LogP contribution in [0.1, 0.15) is 64.5 Å². The average Bonchev–Trinajstić information content (AvgIpc) is 3.03. The van der Waals surface area contributed by atoms with Gasteiger partial charge in [0.1, 0.15) is 0 Å². The van der Waals surface area contributed by atoms with Crippen LogP contribution in [0.25, 0.3) is 0 Å². The van der Waals surface area contributed by atoms with Gasteiger partial charge in [0.25, 0.3) is 0 Å². The molecule has 31 heavy (non-hydrogen) atoms. The van der Waals surface area contributed by atoms with Crippen LogP contribution in [-0.4, -0.2) is 34.7 Å². The first kappa shape index (κ1) is 21.2. The molecule has 166 valence electrons. The molecule has 1 saturated heterocycles. The SMILES string of the molecule is C[C@@H]1CC[C@@H](C(C)(C)N2C[C@@H]3C(c4ccccc4)(c4ccccc4)C[C@]3(C)C2)[C@H](O)C1. The summed E-state index contributed by atoms with van der Waals surface area (Å²) in [5.41, 5.74) is 3.39. The zero-order chi connectivity index (χ0) is 21.9. The maximum Gasteiger partial charge on any atom is 0.0588 e. The van der Waals surface area contributed by atoms with Gasteiger partial charge in [-0.15, -0.1) is 0 Å². The minimum atomic E-state index is -0.169. The van der Waals surface area contributed by atoms with Gasteiger partial charge < -0.3 is 5.11 Å². The van der Waals surface area contributed by atoms with Crippen LogP contribution in [0.2, 0.25) is 0 Å². The second-order valence-corrected chi connectivity index (χ2v) is 11.7. The van der Waals surface area contributed by atoms with E-state index in [1.807, 2.05) is 0 Å². The molecule has 1 heterocycles. The van der Waals surface area contributed by atoms with Gasteiger partial charge in [-0.25, -0.2) is 0 Å². The number of rotatable bonds is 4. The summed E-state index contributed by atoms with van der Waals surface area (Å²) in [6.45, 7) is 11.9. The van der Waals surface area contributed by atoms with Crippen LogP contribution in [-0.2, 0) is 5.41 Å². The fraction of sp³-hybridized carbons (Fsp3) is 0.586. The van der Waals surface area contributed by atoms with Crippen molar-refractivity contribution in [1.82, 2.24) is 4.90 Å². The van der Waals surface area contributed by atoms with Crippen molar-refractivity contribution in [2.45, 2.75) is 70.4 Å². The van der Waals surface area contributed by atoms with Crippen molar-refractivity contribution < 1.29 is 5.11 Å². The summed E-state index contributed by atoms with van der Waals surface area (Å²) in [7, 11) is 0. The van der Waals surface area contributed by atoms with Crippen LogP contribution in [0.4, 0.5) is 0 Å². The summed E-state index contributed by atoms with van der Waals surface area (Å²) in [5, 5.41) is 11.0. The number of hydrogen-bond donors (Lipinski definition) is 1. The topological polar surface area (TPSA) is 23.5 Å². The summed E-state index contributed by atoms with van der Waals surface area (Å²) in [6, 6.07) is 22.4. The van der Waals surface area contributed by atoms with E-state index in [-0.39, 0.29) is 17.1 Å². The molecule has 3 fully saturated rings. The van der Waals surface area contributed by atoms with Gasteiger partial charge >= 0.3 is 0 Å². The van der Waals surface area contributed by atoms with Gasteiger partial charge in [0.2, 0.25) is 0 Å². The second kappa shape index (κ2) is 7.46. The molecule has 2 nitrogen and oxygen atoms in total. The summed E-state index contributed by atoms with van der Waals surface area (Å²) in [4.78, 5) is 2.75.